The molecule has 0 rings (SSSR count). The van der Waals surface area contributed by atoms with Crippen LogP contribution in [0.5, 0.6) is 0 Å². The first-order valence-corrected chi connectivity index (χ1v) is 5.56. The van der Waals surface area contributed by atoms with E-state index in [0.717, 1.165) is 6.42 Å². The molecule has 0 spiro atoms. The lowest BCUT2D eigenvalue weighted by Gasteiger charge is -2.32. The summed E-state index contributed by atoms with van der Waals surface area (Å²) in [5.74, 6) is -0.315. The van der Waals surface area contributed by atoms with Crippen molar-refractivity contribution in [1.82, 2.24) is 0 Å². The third kappa shape index (κ3) is 5.74. The van der Waals surface area contributed by atoms with Gasteiger partial charge in [0.15, 0.2) is 0 Å². The van der Waals surface area contributed by atoms with E-state index in [1.807, 2.05) is 6.08 Å². The van der Waals surface area contributed by atoms with Crippen molar-refractivity contribution in [3.63, 3.8) is 0 Å². The van der Waals surface area contributed by atoms with Crippen molar-refractivity contribution in [3.8, 4) is 0 Å². The van der Waals surface area contributed by atoms with Crippen LogP contribution in [0, 0.1) is 10.8 Å². The Morgan fingerprint density at radius 2 is 1.81 bits per heavy atom. The van der Waals surface area contributed by atoms with Crippen LogP contribution in [0.15, 0.2) is 24.8 Å². The second-order valence-corrected chi connectivity index (χ2v) is 5.89. The molecule has 0 saturated heterocycles. The summed E-state index contributed by atoms with van der Waals surface area (Å²) in [6, 6.07) is 0. The van der Waals surface area contributed by atoms with Crippen molar-refractivity contribution < 1.29 is 9.53 Å². The van der Waals surface area contributed by atoms with Crippen molar-refractivity contribution in [3.05, 3.63) is 24.8 Å². The molecule has 0 aliphatic rings. The summed E-state index contributed by atoms with van der Waals surface area (Å²) in [6.45, 7) is 17.9. The maximum Gasteiger partial charge on any atom is 0.333 e. The zero-order valence-corrected chi connectivity index (χ0v) is 11.2. The predicted molar refractivity (Wildman–Crippen MR) is 68.1 cm³/mol. The summed E-state index contributed by atoms with van der Waals surface area (Å²) < 4.78 is 5.19. The van der Waals surface area contributed by atoms with E-state index in [1.54, 1.807) is 6.92 Å². The van der Waals surface area contributed by atoms with Crippen LogP contribution in [0.4, 0.5) is 0 Å². The molecule has 0 aromatic rings. The topological polar surface area (TPSA) is 26.3 Å². The molecule has 0 amide bonds. The molecular formula is C14H24O2. The fourth-order valence-corrected chi connectivity index (χ4v) is 1.74. The number of hydrogen-bond acceptors (Lipinski definition) is 2. The Labute approximate surface area is 99.4 Å². The average molecular weight is 224 g/mol. The first-order valence-electron chi connectivity index (χ1n) is 5.56. The Balaban J connectivity index is 4.31. The van der Waals surface area contributed by atoms with Crippen molar-refractivity contribution >= 4 is 5.97 Å². The Morgan fingerprint density at radius 1 is 1.31 bits per heavy atom. The van der Waals surface area contributed by atoms with E-state index in [1.165, 1.54) is 0 Å². The smallest absolute Gasteiger partial charge is 0.333 e. The molecule has 2 nitrogen and oxygen atoms in total. The Morgan fingerprint density at radius 3 is 2.19 bits per heavy atom. The zero-order valence-electron chi connectivity index (χ0n) is 11.2. The van der Waals surface area contributed by atoms with Crippen molar-refractivity contribution in [2.45, 2.75) is 41.0 Å². The summed E-state index contributed by atoms with van der Waals surface area (Å²) in [5, 5.41) is 0. The lowest BCUT2D eigenvalue weighted by molar-refractivity contribution is -0.142. The summed E-state index contributed by atoms with van der Waals surface area (Å²) >= 11 is 0. The highest BCUT2D eigenvalue weighted by Gasteiger charge is 2.28. The van der Waals surface area contributed by atoms with Gasteiger partial charge in [-0.25, -0.2) is 4.79 Å². The maximum atomic E-state index is 11.3. The highest BCUT2D eigenvalue weighted by atomic mass is 16.5. The normalized spacial score (nSPS) is 12.1. The predicted octanol–water partition coefficient (Wildman–Crippen LogP) is 3.73. The molecule has 0 heterocycles. The zero-order chi connectivity index (χ0) is 13.0. The van der Waals surface area contributed by atoms with Gasteiger partial charge < -0.3 is 4.74 Å². The van der Waals surface area contributed by atoms with Crippen LogP contribution in [0.2, 0.25) is 0 Å². The van der Waals surface area contributed by atoms with E-state index >= 15 is 0 Å². The fourth-order valence-electron chi connectivity index (χ4n) is 1.74. The molecule has 0 atom stereocenters. The summed E-state index contributed by atoms with van der Waals surface area (Å²) in [5.41, 5.74) is 0.445. The van der Waals surface area contributed by atoms with Crippen molar-refractivity contribution in [2.24, 2.45) is 10.8 Å². The maximum absolute atomic E-state index is 11.3. The number of ether oxygens (including phenoxy) is 1. The van der Waals surface area contributed by atoms with Gasteiger partial charge in [-0.15, -0.1) is 6.58 Å². The Kier molecular flexibility index (Phi) is 4.98. The van der Waals surface area contributed by atoms with E-state index in [9.17, 15) is 4.79 Å². The Hall–Kier alpha value is -1.05. The average Bonchev–Trinajstić information content (AvgIpc) is 2.12. The minimum atomic E-state index is -0.315. The molecule has 16 heavy (non-hydrogen) atoms. The van der Waals surface area contributed by atoms with Gasteiger partial charge in [-0.1, -0.05) is 40.3 Å². The van der Waals surface area contributed by atoms with Crippen LogP contribution in [-0.4, -0.2) is 12.6 Å². The second-order valence-electron chi connectivity index (χ2n) is 5.89. The monoisotopic (exact) mass is 224 g/mol. The first kappa shape index (κ1) is 14.9. The SMILES string of the molecule is C=CC(C)(C)CC(C)(C)COC(=O)C(=C)C. The largest absolute Gasteiger partial charge is 0.462 e. The van der Waals surface area contributed by atoms with Gasteiger partial charge >= 0.3 is 5.97 Å². The molecule has 92 valence electrons. The van der Waals surface area contributed by atoms with Gasteiger partial charge in [0.25, 0.3) is 0 Å². The summed E-state index contributed by atoms with van der Waals surface area (Å²) in [6.07, 6.45) is 2.86. The number of carbonyl (C=O) groups excluding carboxylic acids is 1. The van der Waals surface area contributed by atoms with E-state index in [4.69, 9.17) is 4.74 Å². The number of carbonyl (C=O) groups is 1. The third-order valence-electron chi connectivity index (χ3n) is 2.43. The van der Waals surface area contributed by atoms with Crippen molar-refractivity contribution in [1.29, 1.82) is 0 Å². The number of esters is 1. The van der Waals surface area contributed by atoms with Gasteiger partial charge in [0.1, 0.15) is 0 Å². The standard InChI is InChI=1S/C14H24O2/c1-8-13(4,5)9-14(6,7)10-16-12(15)11(2)3/h8H,1-2,9-10H2,3-7H3. The van der Waals surface area contributed by atoms with Crippen LogP contribution in [0.3, 0.4) is 0 Å². The van der Waals surface area contributed by atoms with Gasteiger partial charge in [0.2, 0.25) is 0 Å². The van der Waals surface area contributed by atoms with E-state index < -0.39 is 0 Å². The third-order valence-corrected chi connectivity index (χ3v) is 2.43. The molecule has 2 heteroatoms. The number of hydrogen-bond donors (Lipinski definition) is 0. The molecule has 0 bridgehead atoms. The number of rotatable bonds is 6. The number of allylic oxidation sites excluding steroid dienone is 1. The van der Waals surface area contributed by atoms with Gasteiger partial charge in [0, 0.05) is 5.57 Å². The van der Waals surface area contributed by atoms with Crippen LogP contribution < -0.4 is 0 Å². The molecule has 0 aliphatic heterocycles. The molecule has 0 N–H and O–H groups in total. The van der Waals surface area contributed by atoms with Gasteiger partial charge in [-0.2, -0.15) is 0 Å². The fraction of sp³-hybridized carbons (Fsp3) is 0.643. The van der Waals surface area contributed by atoms with Gasteiger partial charge in [-0.05, 0) is 24.2 Å². The molecule has 0 radical (unpaired) electrons. The van der Waals surface area contributed by atoms with Crippen LogP contribution in [-0.2, 0) is 9.53 Å². The molecule has 0 unspecified atom stereocenters. The molecule has 0 saturated carbocycles. The van der Waals surface area contributed by atoms with Crippen LogP contribution in [0.25, 0.3) is 0 Å². The minimum absolute atomic E-state index is 0.0528. The molecule has 0 aromatic carbocycles. The van der Waals surface area contributed by atoms with E-state index in [2.05, 4.69) is 40.9 Å². The van der Waals surface area contributed by atoms with Crippen LogP contribution in [0.1, 0.15) is 41.0 Å². The summed E-state index contributed by atoms with van der Waals surface area (Å²) in [4.78, 5) is 11.3. The molecule has 0 aliphatic carbocycles. The quantitative estimate of drug-likeness (QED) is 0.390. The van der Waals surface area contributed by atoms with E-state index in [-0.39, 0.29) is 16.8 Å². The van der Waals surface area contributed by atoms with Gasteiger partial charge in [0.05, 0.1) is 6.61 Å². The highest BCUT2D eigenvalue weighted by molar-refractivity contribution is 5.86. The Bertz CT molecular complexity index is 285. The molecule has 0 aromatic heterocycles. The minimum Gasteiger partial charge on any atom is -0.462 e. The van der Waals surface area contributed by atoms with Gasteiger partial charge in [-0.3, -0.25) is 0 Å². The lowest BCUT2D eigenvalue weighted by atomic mass is 9.76. The molecular weight excluding hydrogens is 200 g/mol. The first-order chi connectivity index (χ1) is 7.09. The lowest BCUT2D eigenvalue weighted by Crippen LogP contribution is -2.27. The highest BCUT2D eigenvalue weighted by Crippen LogP contribution is 2.34. The summed E-state index contributed by atoms with van der Waals surface area (Å²) in [7, 11) is 0. The van der Waals surface area contributed by atoms with Crippen molar-refractivity contribution in [2.75, 3.05) is 6.61 Å². The second kappa shape index (κ2) is 5.33. The molecule has 0 fully saturated rings. The van der Waals surface area contributed by atoms with E-state index in [0.29, 0.717) is 12.2 Å². The van der Waals surface area contributed by atoms with Crippen LogP contribution >= 0.6 is 0 Å².